The molecule has 0 aliphatic carbocycles. The van der Waals surface area contributed by atoms with Crippen molar-refractivity contribution in [3.05, 3.63) is 53.0 Å². The molecule has 0 atom stereocenters. The number of aryl methyl sites for hydroxylation is 2. The van der Waals surface area contributed by atoms with Crippen LogP contribution in [0, 0.1) is 19.7 Å². The van der Waals surface area contributed by atoms with Gasteiger partial charge in [-0.3, -0.25) is 4.79 Å². The lowest BCUT2D eigenvalue weighted by molar-refractivity contribution is 0.102. The molecular formula is C16H18FN3O. The number of hydrogen-bond acceptors (Lipinski definition) is 3. The molecule has 4 nitrogen and oxygen atoms in total. The minimum atomic E-state index is -0.637. The van der Waals surface area contributed by atoms with Crippen LogP contribution in [-0.4, -0.2) is 17.4 Å². The maximum atomic E-state index is 14.2. The number of amides is 1. The molecule has 0 unspecified atom stereocenters. The molecule has 0 fully saturated rings. The van der Waals surface area contributed by atoms with E-state index in [9.17, 15) is 9.18 Å². The normalized spacial score (nSPS) is 10.3. The van der Waals surface area contributed by atoms with Gasteiger partial charge < -0.3 is 10.6 Å². The second-order valence-electron chi connectivity index (χ2n) is 4.82. The first kappa shape index (κ1) is 15.0. The van der Waals surface area contributed by atoms with Gasteiger partial charge in [0, 0.05) is 18.4 Å². The summed E-state index contributed by atoms with van der Waals surface area (Å²) in [6.45, 7) is 6.25. The van der Waals surface area contributed by atoms with Gasteiger partial charge in [-0.1, -0.05) is 17.7 Å². The van der Waals surface area contributed by atoms with E-state index in [-0.39, 0.29) is 11.4 Å². The molecule has 0 saturated heterocycles. The lowest BCUT2D eigenvalue weighted by Crippen LogP contribution is -2.16. The van der Waals surface area contributed by atoms with E-state index in [1.807, 2.05) is 39.0 Å². The van der Waals surface area contributed by atoms with Crippen LogP contribution in [-0.2, 0) is 0 Å². The van der Waals surface area contributed by atoms with Gasteiger partial charge in [0.25, 0.3) is 5.91 Å². The van der Waals surface area contributed by atoms with Gasteiger partial charge in [-0.15, -0.1) is 0 Å². The van der Waals surface area contributed by atoms with Gasteiger partial charge in [0.1, 0.15) is 0 Å². The van der Waals surface area contributed by atoms with Crippen LogP contribution in [0.5, 0.6) is 0 Å². The third-order valence-electron chi connectivity index (χ3n) is 3.11. The van der Waals surface area contributed by atoms with Crippen molar-refractivity contribution >= 4 is 17.4 Å². The van der Waals surface area contributed by atoms with Crippen molar-refractivity contribution in [2.75, 3.05) is 17.2 Å². The molecule has 1 aromatic heterocycles. The Morgan fingerprint density at radius 2 is 2.05 bits per heavy atom. The largest absolute Gasteiger partial charge is 0.368 e. The monoisotopic (exact) mass is 287 g/mol. The highest BCUT2D eigenvalue weighted by atomic mass is 19.1. The number of carbonyl (C=O) groups excluding carboxylic acids is 1. The highest BCUT2D eigenvalue weighted by Crippen LogP contribution is 2.19. The SMILES string of the molecule is CCNc1nccc(C(=O)Nc2ccc(C)cc2C)c1F. The summed E-state index contributed by atoms with van der Waals surface area (Å²) in [6, 6.07) is 7.04. The Kier molecular flexibility index (Phi) is 4.52. The van der Waals surface area contributed by atoms with E-state index in [2.05, 4.69) is 15.6 Å². The number of hydrogen-bond donors (Lipinski definition) is 2. The molecule has 2 N–H and O–H groups in total. The lowest BCUT2D eigenvalue weighted by atomic mass is 10.1. The molecule has 5 heteroatoms. The first-order chi connectivity index (χ1) is 10.0. The van der Waals surface area contributed by atoms with Crippen LogP contribution in [0.4, 0.5) is 15.9 Å². The topological polar surface area (TPSA) is 54.0 Å². The molecule has 0 aliphatic heterocycles. The van der Waals surface area contributed by atoms with E-state index in [1.54, 1.807) is 0 Å². The zero-order valence-corrected chi connectivity index (χ0v) is 12.3. The van der Waals surface area contributed by atoms with E-state index in [4.69, 9.17) is 0 Å². The predicted molar refractivity (Wildman–Crippen MR) is 82.2 cm³/mol. The van der Waals surface area contributed by atoms with Crippen LogP contribution in [0.15, 0.2) is 30.5 Å². The second-order valence-corrected chi connectivity index (χ2v) is 4.82. The smallest absolute Gasteiger partial charge is 0.258 e. The van der Waals surface area contributed by atoms with Crippen LogP contribution in [0.3, 0.4) is 0 Å². The number of nitrogens with zero attached hydrogens (tertiary/aromatic N) is 1. The molecule has 0 radical (unpaired) electrons. The van der Waals surface area contributed by atoms with E-state index >= 15 is 0 Å². The highest BCUT2D eigenvalue weighted by Gasteiger charge is 2.16. The maximum Gasteiger partial charge on any atom is 0.258 e. The molecule has 1 heterocycles. The molecule has 0 bridgehead atoms. The van der Waals surface area contributed by atoms with Crippen LogP contribution >= 0.6 is 0 Å². The van der Waals surface area contributed by atoms with Gasteiger partial charge in [0.05, 0.1) is 5.56 Å². The number of rotatable bonds is 4. The van der Waals surface area contributed by atoms with Crippen molar-refractivity contribution in [2.24, 2.45) is 0 Å². The zero-order valence-electron chi connectivity index (χ0n) is 12.3. The summed E-state index contributed by atoms with van der Waals surface area (Å²) in [4.78, 5) is 16.1. The molecule has 0 aliphatic rings. The Morgan fingerprint density at radius 3 is 2.71 bits per heavy atom. The molecule has 1 amide bonds. The zero-order chi connectivity index (χ0) is 15.4. The Bertz CT molecular complexity index is 671. The van der Waals surface area contributed by atoms with Crippen LogP contribution < -0.4 is 10.6 Å². The van der Waals surface area contributed by atoms with Gasteiger partial charge in [0.2, 0.25) is 0 Å². The summed E-state index contributed by atoms with van der Waals surface area (Å²) < 4.78 is 14.2. The minimum absolute atomic E-state index is 0.0269. The third kappa shape index (κ3) is 3.37. The molecular weight excluding hydrogens is 269 g/mol. The lowest BCUT2D eigenvalue weighted by Gasteiger charge is -2.11. The first-order valence-corrected chi connectivity index (χ1v) is 6.80. The summed E-state index contributed by atoms with van der Waals surface area (Å²) in [7, 11) is 0. The first-order valence-electron chi connectivity index (χ1n) is 6.80. The number of nitrogens with one attached hydrogen (secondary N) is 2. The third-order valence-corrected chi connectivity index (χ3v) is 3.11. The molecule has 2 rings (SSSR count). The fraction of sp³-hybridized carbons (Fsp3) is 0.250. The maximum absolute atomic E-state index is 14.2. The second kappa shape index (κ2) is 6.35. The van der Waals surface area contributed by atoms with Crippen molar-refractivity contribution in [2.45, 2.75) is 20.8 Å². The summed E-state index contributed by atoms with van der Waals surface area (Å²) in [6.07, 6.45) is 1.41. The van der Waals surface area contributed by atoms with Crippen LogP contribution in [0.25, 0.3) is 0 Å². The van der Waals surface area contributed by atoms with Gasteiger partial charge in [-0.05, 0) is 38.5 Å². The predicted octanol–water partition coefficient (Wildman–Crippen LogP) is 3.52. The van der Waals surface area contributed by atoms with E-state index < -0.39 is 11.7 Å². The molecule has 0 spiro atoms. The quantitative estimate of drug-likeness (QED) is 0.904. The van der Waals surface area contributed by atoms with E-state index in [0.29, 0.717) is 12.2 Å². The average Bonchev–Trinajstić information content (AvgIpc) is 2.44. The van der Waals surface area contributed by atoms with Crippen LogP contribution in [0.1, 0.15) is 28.4 Å². The molecule has 21 heavy (non-hydrogen) atoms. The fourth-order valence-electron chi connectivity index (χ4n) is 2.05. The highest BCUT2D eigenvalue weighted by molar-refractivity contribution is 6.05. The number of pyridine rings is 1. The van der Waals surface area contributed by atoms with Crippen molar-refractivity contribution in [1.29, 1.82) is 0 Å². The van der Waals surface area contributed by atoms with E-state index in [0.717, 1.165) is 11.1 Å². The van der Waals surface area contributed by atoms with Crippen molar-refractivity contribution in [1.82, 2.24) is 4.98 Å². The van der Waals surface area contributed by atoms with Crippen molar-refractivity contribution < 1.29 is 9.18 Å². The molecule has 1 aromatic carbocycles. The number of anilines is 2. The van der Waals surface area contributed by atoms with Crippen LogP contribution in [0.2, 0.25) is 0 Å². The fourth-order valence-corrected chi connectivity index (χ4v) is 2.05. The Hall–Kier alpha value is -2.43. The molecule has 2 aromatic rings. The number of halogens is 1. The van der Waals surface area contributed by atoms with Gasteiger partial charge >= 0.3 is 0 Å². The van der Waals surface area contributed by atoms with Gasteiger partial charge in [-0.25, -0.2) is 9.37 Å². The van der Waals surface area contributed by atoms with Gasteiger partial charge in [-0.2, -0.15) is 0 Å². The standard InChI is InChI=1S/C16H18FN3O/c1-4-18-15-14(17)12(7-8-19-15)16(21)20-13-6-5-10(2)9-11(13)3/h5-9H,4H2,1-3H3,(H,18,19)(H,20,21). The summed E-state index contributed by atoms with van der Waals surface area (Å²) in [5.74, 6) is -1.03. The van der Waals surface area contributed by atoms with Crippen molar-refractivity contribution in [3.8, 4) is 0 Å². The Morgan fingerprint density at radius 1 is 1.29 bits per heavy atom. The molecule has 110 valence electrons. The summed E-state index contributed by atoms with van der Waals surface area (Å²) in [5.41, 5.74) is 2.69. The Labute approximate surface area is 123 Å². The number of carbonyl (C=O) groups is 1. The van der Waals surface area contributed by atoms with Gasteiger partial charge in [0.15, 0.2) is 11.6 Å². The minimum Gasteiger partial charge on any atom is -0.368 e. The van der Waals surface area contributed by atoms with E-state index in [1.165, 1.54) is 12.3 Å². The van der Waals surface area contributed by atoms with Crippen molar-refractivity contribution in [3.63, 3.8) is 0 Å². The molecule has 0 saturated carbocycles. The summed E-state index contributed by atoms with van der Waals surface area (Å²) >= 11 is 0. The number of benzene rings is 1. The summed E-state index contributed by atoms with van der Waals surface area (Å²) in [5, 5.41) is 5.52. The number of aromatic nitrogens is 1. The Balaban J connectivity index is 2.26. The average molecular weight is 287 g/mol.